The van der Waals surface area contributed by atoms with E-state index >= 15 is 0 Å². The van der Waals surface area contributed by atoms with E-state index in [1.807, 2.05) is 31.2 Å². The maximum Gasteiger partial charge on any atom is 0.299 e. The number of anilines is 2. The van der Waals surface area contributed by atoms with Crippen LogP contribution in [0.4, 0.5) is 16.3 Å². The van der Waals surface area contributed by atoms with E-state index in [0.29, 0.717) is 17.1 Å². The van der Waals surface area contributed by atoms with Crippen molar-refractivity contribution in [3.05, 3.63) is 53.7 Å². The molecule has 4 rings (SSSR count). The summed E-state index contributed by atoms with van der Waals surface area (Å²) in [5.74, 6) is 0.253. The summed E-state index contributed by atoms with van der Waals surface area (Å²) in [5, 5.41) is 10.9. The van der Waals surface area contributed by atoms with Crippen molar-refractivity contribution in [1.29, 1.82) is 0 Å². The largest absolute Gasteiger partial charge is 0.320 e. The number of nitrogens with zero attached hydrogens (tertiary/aromatic N) is 3. The molecule has 0 fully saturated rings. The van der Waals surface area contributed by atoms with Crippen LogP contribution >= 0.6 is 24.2 Å². The van der Waals surface area contributed by atoms with E-state index in [1.54, 1.807) is 18.3 Å². The van der Waals surface area contributed by atoms with Crippen molar-refractivity contribution >= 4 is 58.2 Å². The lowest BCUT2D eigenvalue weighted by Crippen LogP contribution is -2.29. The third-order valence-corrected chi connectivity index (χ3v) is 4.80. The average Bonchev–Trinajstić information content (AvgIpc) is 2.95. The van der Waals surface area contributed by atoms with Gasteiger partial charge in [-0.1, -0.05) is 23.9 Å². The van der Waals surface area contributed by atoms with Crippen LogP contribution in [0.25, 0.3) is 0 Å². The highest BCUT2D eigenvalue weighted by Crippen LogP contribution is 2.28. The number of nitrogens with one attached hydrogen (secondary N) is 3. The minimum Gasteiger partial charge on any atom is -0.320 e. The van der Waals surface area contributed by atoms with Gasteiger partial charge in [0.15, 0.2) is 5.71 Å². The SMILES string of the molecule is CC1SC(=O)NN=C1c1ccc2c(c1)/C(=N/Nc1ccccn1)C(=O)N2.Cl. The zero-order valence-corrected chi connectivity index (χ0v) is 15.7. The van der Waals surface area contributed by atoms with Gasteiger partial charge in [-0.05, 0) is 36.8 Å². The van der Waals surface area contributed by atoms with Crippen LogP contribution < -0.4 is 16.2 Å². The van der Waals surface area contributed by atoms with Gasteiger partial charge >= 0.3 is 0 Å². The Morgan fingerprint density at radius 1 is 1.22 bits per heavy atom. The molecule has 0 aliphatic carbocycles. The van der Waals surface area contributed by atoms with Gasteiger partial charge in [0, 0.05) is 11.8 Å². The number of pyridine rings is 1. The molecule has 138 valence electrons. The molecule has 1 unspecified atom stereocenters. The molecule has 27 heavy (non-hydrogen) atoms. The molecule has 0 radical (unpaired) electrons. The lowest BCUT2D eigenvalue weighted by molar-refractivity contribution is -0.110. The predicted octanol–water partition coefficient (Wildman–Crippen LogP) is 2.82. The highest BCUT2D eigenvalue weighted by atomic mass is 35.5. The Kier molecular flexibility index (Phi) is 5.43. The molecule has 2 aliphatic heterocycles. The van der Waals surface area contributed by atoms with E-state index in [2.05, 4.69) is 31.4 Å². The summed E-state index contributed by atoms with van der Waals surface area (Å²) in [4.78, 5) is 27.8. The number of carbonyl (C=O) groups excluding carboxylic acids is 2. The molecule has 0 bridgehead atoms. The lowest BCUT2D eigenvalue weighted by atomic mass is 10.0. The highest BCUT2D eigenvalue weighted by Gasteiger charge is 2.29. The predicted molar refractivity (Wildman–Crippen MR) is 109 cm³/mol. The smallest absolute Gasteiger partial charge is 0.299 e. The normalized spacial score (nSPS) is 19.5. The van der Waals surface area contributed by atoms with E-state index in [-0.39, 0.29) is 34.5 Å². The number of amides is 2. The van der Waals surface area contributed by atoms with Gasteiger partial charge in [-0.2, -0.15) is 10.2 Å². The summed E-state index contributed by atoms with van der Waals surface area (Å²) >= 11 is 1.17. The third kappa shape index (κ3) is 3.79. The summed E-state index contributed by atoms with van der Waals surface area (Å²) in [6, 6.07) is 10.9. The molecule has 1 atom stereocenters. The van der Waals surface area contributed by atoms with Gasteiger partial charge in [0.2, 0.25) is 0 Å². The van der Waals surface area contributed by atoms with Crippen molar-refractivity contribution in [3.8, 4) is 0 Å². The third-order valence-electron chi connectivity index (χ3n) is 3.92. The fourth-order valence-corrected chi connectivity index (χ4v) is 3.42. The zero-order chi connectivity index (χ0) is 18.1. The van der Waals surface area contributed by atoms with Crippen molar-refractivity contribution in [3.63, 3.8) is 0 Å². The van der Waals surface area contributed by atoms with Crippen LogP contribution in [0.15, 0.2) is 52.8 Å². The van der Waals surface area contributed by atoms with Crippen LogP contribution in [0.1, 0.15) is 18.1 Å². The highest BCUT2D eigenvalue weighted by molar-refractivity contribution is 8.14. The molecular formula is C17H15ClN6O2S. The second-order valence-electron chi connectivity index (χ2n) is 5.66. The van der Waals surface area contributed by atoms with Gasteiger partial charge in [-0.15, -0.1) is 12.4 Å². The van der Waals surface area contributed by atoms with Crippen LogP contribution in [0.2, 0.25) is 0 Å². The molecule has 3 heterocycles. The van der Waals surface area contributed by atoms with Crippen LogP contribution in [0.3, 0.4) is 0 Å². The molecule has 8 nitrogen and oxygen atoms in total. The Hall–Kier alpha value is -2.91. The number of hydrogen-bond donors (Lipinski definition) is 3. The number of benzene rings is 1. The van der Waals surface area contributed by atoms with Crippen LogP contribution in [-0.2, 0) is 4.79 Å². The second kappa shape index (κ2) is 7.77. The van der Waals surface area contributed by atoms with Crippen LogP contribution in [0, 0.1) is 0 Å². The zero-order valence-electron chi connectivity index (χ0n) is 14.1. The Balaban J connectivity index is 0.00000210. The standard InChI is InChI=1S/C17H14N6O2S.ClH/c1-9-14(21-23-17(25)26-9)10-5-6-12-11(8-10)15(16(24)19-12)22-20-13-4-2-3-7-18-13;/h2-9H,1H3,(H,18,20)(H,23,25)(H,19,22,24);1H. The minimum absolute atomic E-state index is 0. The fraction of sp³-hybridized carbons (Fsp3) is 0.118. The first-order chi connectivity index (χ1) is 12.6. The number of halogens is 1. The molecule has 1 aromatic heterocycles. The summed E-state index contributed by atoms with van der Waals surface area (Å²) < 4.78 is 0. The maximum absolute atomic E-state index is 12.3. The van der Waals surface area contributed by atoms with E-state index in [1.165, 1.54) is 11.8 Å². The minimum atomic E-state index is -0.290. The Labute approximate surface area is 165 Å². The number of fused-ring (bicyclic) bond motifs is 1. The lowest BCUT2D eigenvalue weighted by Gasteiger charge is -2.18. The number of thioether (sulfide) groups is 1. The number of hydrazone groups is 2. The van der Waals surface area contributed by atoms with Gasteiger partial charge in [-0.3, -0.25) is 15.0 Å². The number of aromatic nitrogens is 1. The molecule has 2 aliphatic rings. The second-order valence-corrected chi connectivity index (χ2v) is 6.97. The van der Waals surface area contributed by atoms with Crippen molar-refractivity contribution in [2.45, 2.75) is 12.2 Å². The Morgan fingerprint density at radius 3 is 2.81 bits per heavy atom. The summed E-state index contributed by atoms with van der Waals surface area (Å²) in [7, 11) is 0. The molecule has 2 aromatic rings. The number of carbonyl (C=O) groups is 2. The van der Waals surface area contributed by atoms with Crippen LogP contribution in [0.5, 0.6) is 0 Å². The summed E-state index contributed by atoms with van der Waals surface area (Å²) in [6.45, 7) is 1.91. The van der Waals surface area contributed by atoms with Crippen molar-refractivity contribution < 1.29 is 9.59 Å². The average molecular weight is 403 g/mol. The molecule has 0 saturated carbocycles. The molecule has 10 heteroatoms. The Morgan fingerprint density at radius 2 is 2.07 bits per heavy atom. The summed E-state index contributed by atoms with van der Waals surface area (Å²) in [6.07, 6.45) is 1.64. The monoisotopic (exact) mass is 402 g/mol. The first kappa shape index (κ1) is 18.9. The van der Waals surface area contributed by atoms with Gasteiger partial charge in [-0.25, -0.2) is 10.4 Å². The maximum atomic E-state index is 12.3. The van der Waals surface area contributed by atoms with Gasteiger partial charge in [0.25, 0.3) is 11.1 Å². The fourth-order valence-electron chi connectivity index (χ4n) is 2.70. The Bertz CT molecular complexity index is 963. The van der Waals surface area contributed by atoms with Gasteiger partial charge < -0.3 is 5.32 Å². The molecular weight excluding hydrogens is 388 g/mol. The number of rotatable bonds is 3. The van der Waals surface area contributed by atoms with Crippen molar-refractivity contribution in [2.75, 3.05) is 10.7 Å². The quantitative estimate of drug-likeness (QED) is 0.684. The van der Waals surface area contributed by atoms with E-state index in [4.69, 9.17) is 0 Å². The first-order valence-corrected chi connectivity index (χ1v) is 8.75. The molecule has 1 aromatic carbocycles. The van der Waals surface area contributed by atoms with Crippen molar-refractivity contribution in [1.82, 2.24) is 10.4 Å². The van der Waals surface area contributed by atoms with E-state index in [0.717, 1.165) is 11.3 Å². The van der Waals surface area contributed by atoms with Crippen molar-refractivity contribution in [2.24, 2.45) is 10.2 Å². The first-order valence-electron chi connectivity index (χ1n) is 7.87. The number of hydrogen-bond acceptors (Lipinski definition) is 7. The van der Waals surface area contributed by atoms with Gasteiger partial charge in [0.05, 0.1) is 16.6 Å². The molecule has 3 N–H and O–H groups in total. The molecule has 0 saturated heterocycles. The summed E-state index contributed by atoms with van der Waals surface area (Å²) in [5.41, 5.74) is 8.47. The van der Waals surface area contributed by atoms with E-state index < -0.39 is 0 Å². The molecule has 0 spiro atoms. The van der Waals surface area contributed by atoms with Gasteiger partial charge in [0.1, 0.15) is 5.82 Å². The van der Waals surface area contributed by atoms with Crippen LogP contribution in [-0.4, -0.2) is 32.8 Å². The molecule has 2 amide bonds. The topological polar surface area (TPSA) is 108 Å². The van der Waals surface area contributed by atoms with E-state index in [9.17, 15) is 9.59 Å².